The Bertz CT molecular complexity index is 804. The predicted octanol–water partition coefficient (Wildman–Crippen LogP) is 1.63. The van der Waals surface area contributed by atoms with Crippen LogP contribution in [0.5, 0.6) is 0 Å². The van der Waals surface area contributed by atoms with Gasteiger partial charge >= 0.3 is 0 Å². The standard InChI is InChI=1S/C17H20N2O4S/c1-17(12-23-2,14-6-4-3-5-7-14)19-16(20)13-8-10-15(11-9-13)24(18,21)22/h3-11H,12H2,1-2H3,(H,19,20)(H2,18,21,22). The largest absolute Gasteiger partial charge is 0.382 e. The van der Waals surface area contributed by atoms with E-state index in [1.807, 2.05) is 37.3 Å². The average molecular weight is 348 g/mol. The number of sulfonamides is 1. The highest BCUT2D eigenvalue weighted by atomic mass is 32.2. The number of primary sulfonamides is 1. The molecular weight excluding hydrogens is 328 g/mol. The van der Waals surface area contributed by atoms with Crippen LogP contribution in [-0.2, 0) is 20.3 Å². The third kappa shape index (κ3) is 4.19. The summed E-state index contributed by atoms with van der Waals surface area (Å²) in [4.78, 5) is 12.5. The lowest BCUT2D eigenvalue weighted by molar-refractivity contribution is 0.0786. The van der Waals surface area contributed by atoms with Crippen molar-refractivity contribution in [3.8, 4) is 0 Å². The molecular formula is C17H20N2O4S. The van der Waals surface area contributed by atoms with Crippen LogP contribution in [-0.4, -0.2) is 28.0 Å². The number of hydrogen-bond donors (Lipinski definition) is 2. The molecule has 128 valence electrons. The van der Waals surface area contributed by atoms with Gasteiger partial charge in [0.2, 0.25) is 10.0 Å². The first-order valence-corrected chi connectivity index (χ1v) is 8.81. The smallest absolute Gasteiger partial charge is 0.252 e. The van der Waals surface area contributed by atoms with Crippen LogP contribution in [0.3, 0.4) is 0 Å². The molecule has 2 aromatic rings. The third-order valence-electron chi connectivity index (χ3n) is 3.68. The molecule has 1 amide bonds. The lowest BCUT2D eigenvalue weighted by atomic mass is 9.92. The molecule has 0 aliphatic heterocycles. The Morgan fingerprint density at radius 2 is 1.71 bits per heavy atom. The van der Waals surface area contributed by atoms with Crippen LogP contribution < -0.4 is 10.5 Å². The molecule has 0 aliphatic rings. The fourth-order valence-corrected chi connectivity index (χ4v) is 2.92. The van der Waals surface area contributed by atoms with E-state index in [1.165, 1.54) is 24.3 Å². The van der Waals surface area contributed by atoms with E-state index in [1.54, 1.807) is 7.11 Å². The minimum atomic E-state index is -3.78. The highest BCUT2D eigenvalue weighted by Gasteiger charge is 2.29. The summed E-state index contributed by atoms with van der Waals surface area (Å²) >= 11 is 0. The number of hydrogen-bond acceptors (Lipinski definition) is 4. The molecule has 0 aromatic heterocycles. The minimum Gasteiger partial charge on any atom is -0.382 e. The van der Waals surface area contributed by atoms with Gasteiger partial charge in [0, 0.05) is 12.7 Å². The van der Waals surface area contributed by atoms with Crippen LogP contribution in [0.2, 0.25) is 0 Å². The Hall–Kier alpha value is -2.22. The molecule has 0 spiro atoms. The van der Waals surface area contributed by atoms with E-state index in [0.717, 1.165) is 5.56 Å². The van der Waals surface area contributed by atoms with Crippen LogP contribution in [0.15, 0.2) is 59.5 Å². The summed E-state index contributed by atoms with van der Waals surface area (Å²) in [6.07, 6.45) is 0. The monoisotopic (exact) mass is 348 g/mol. The highest BCUT2D eigenvalue weighted by molar-refractivity contribution is 7.89. The summed E-state index contributed by atoms with van der Waals surface area (Å²) in [5.41, 5.74) is 0.521. The van der Waals surface area contributed by atoms with Crippen molar-refractivity contribution in [2.75, 3.05) is 13.7 Å². The molecule has 24 heavy (non-hydrogen) atoms. The number of carbonyl (C=O) groups is 1. The summed E-state index contributed by atoms with van der Waals surface area (Å²) < 4.78 is 27.8. The Morgan fingerprint density at radius 1 is 1.12 bits per heavy atom. The maximum atomic E-state index is 12.5. The molecule has 0 saturated carbocycles. The van der Waals surface area contributed by atoms with Gasteiger partial charge in [-0.3, -0.25) is 4.79 Å². The molecule has 0 saturated heterocycles. The van der Waals surface area contributed by atoms with Crippen molar-refractivity contribution in [2.45, 2.75) is 17.4 Å². The summed E-state index contributed by atoms with van der Waals surface area (Å²) in [6, 6.07) is 14.9. The van der Waals surface area contributed by atoms with Gasteiger partial charge in [0.1, 0.15) is 0 Å². The summed E-state index contributed by atoms with van der Waals surface area (Å²) in [5.74, 6) is -0.334. The van der Waals surface area contributed by atoms with Crippen LogP contribution in [0.1, 0.15) is 22.8 Å². The Morgan fingerprint density at radius 3 is 2.21 bits per heavy atom. The lowest BCUT2D eigenvalue weighted by Gasteiger charge is -2.30. The summed E-state index contributed by atoms with van der Waals surface area (Å²) in [5, 5.41) is 8.00. The molecule has 0 radical (unpaired) electrons. The summed E-state index contributed by atoms with van der Waals surface area (Å²) in [7, 11) is -2.22. The van der Waals surface area contributed by atoms with Gasteiger partial charge in [-0.1, -0.05) is 30.3 Å². The second kappa shape index (κ2) is 7.12. The third-order valence-corrected chi connectivity index (χ3v) is 4.61. The Labute approximate surface area is 141 Å². The molecule has 0 heterocycles. The number of nitrogens with two attached hydrogens (primary N) is 1. The van der Waals surface area contributed by atoms with Gasteiger partial charge in [-0.05, 0) is 36.8 Å². The van der Waals surface area contributed by atoms with Crippen molar-refractivity contribution in [1.29, 1.82) is 0 Å². The van der Waals surface area contributed by atoms with Gasteiger partial charge in [0.25, 0.3) is 5.91 Å². The molecule has 0 fully saturated rings. The van der Waals surface area contributed by atoms with Crippen molar-refractivity contribution in [2.24, 2.45) is 5.14 Å². The van der Waals surface area contributed by atoms with Crippen molar-refractivity contribution < 1.29 is 17.9 Å². The van der Waals surface area contributed by atoms with Gasteiger partial charge in [-0.25, -0.2) is 13.6 Å². The van der Waals surface area contributed by atoms with Gasteiger partial charge in [0.15, 0.2) is 0 Å². The molecule has 0 bridgehead atoms. The number of carbonyl (C=O) groups excluding carboxylic acids is 1. The molecule has 6 nitrogen and oxygen atoms in total. The Balaban J connectivity index is 2.25. The van der Waals surface area contributed by atoms with E-state index in [4.69, 9.17) is 9.88 Å². The molecule has 0 aliphatic carbocycles. The van der Waals surface area contributed by atoms with Crippen LogP contribution >= 0.6 is 0 Å². The average Bonchev–Trinajstić information content (AvgIpc) is 2.55. The quantitative estimate of drug-likeness (QED) is 0.829. The maximum absolute atomic E-state index is 12.5. The maximum Gasteiger partial charge on any atom is 0.252 e. The van der Waals surface area contributed by atoms with E-state index in [0.29, 0.717) is 5.56 Å². The van der Waals surface area contributed by atoms with E-state index >= 15 is 0 Å². The minimum absolute atomic E-state index is 0.0400. The van der Waals surface area contributed by atoms with Crippen LogP contribution in [0.4, 0.5) is 0 Å². The normalized spacial score (nSPS) is 14.0. The molecule has 1 atom stereocenters. The number of benzene rings is 2. The second-order valence-corrected chi connectivity index (χ2v) is 7.22. The van der Waals surface area contributed by atoms with Gasteiger partial charge in [0.05, 0.1) is 17.0 Å². The summed E-state index contributed by atoms with van der Waals surface area (Å²) in [6.45, 7) is 2.15. The first-order chi connectivity index (χ1) is 11.3. The van der Waals surface area contributed by atoms with Crippen LogP contribution in [0, 0.1) is 0 Å². The highest BCUT2D eigenvalue weighted by Crippen LogP contribution is 2.22. The van der Waals surface area contributed by atoms with Crippen molar-refractivity contribution in [3.05, 3.63) is 65.7 Å². The van der Waals surface area contributed by atoms with Crippen LogP contribution in [0.25, 0.3) is 0 Å². The zero-order chi connectivity index (χ0) is 17.8. The molecule has 1 unspecified atom stereocenters. The topological polar surface area (TPSA) is 98.5 Å². The van der Waals surface area contributed by atoms with Crippen molar-refractivity contribution >= 4 is 15.9 Å². The first-order valence-electron chi connectivity index (χ1n) is 7.26. The van der Waals surface area contributed by atoms with Gasteiger partial charge in [-0.15, -0.1) is 0 Å². The lowest BCUT2D eigenvalue weighted by Crippen LogP contribution is -2.46. The van der Waals surface area contributed by atoms with E-state index < -0.39 is 15.6 Å². The molecule has 7 heteroatoms. The van der Waals surface area contributed by atoms with E-state index in [9.17, 15) is 13.2 Å². The Kier molecular flexibility index (Phi) is 5.38. The SMILES string of the molecule is COCC(C)(NC(=O)c1ccc(S(N)(=O)=O)cc1)c1ccccc1. The number of ether oxygens (including phenoxy) is 1. The number of rotatable bonds is 6. The van der Waals surface area contributed by atoms with Gasteiger partial charge < -0.3 is 10.1 Å². The predicted molar refractivity (Wildman–Crippen MR) is 91.0 cm³/mol. The number of amides is 1. The zero-order valence-corrected chi connectivity index (χ0v) is 14.3. The van der Waals surface area contributed by atoms with E-state index in [2.05, 4.69) is 5.32 Å². The molecule has 2 aromatic carbocycles. The van der Waals surface area contributed by atoms with Crippen molar-refractivity contribution in [3.63, 3.8) is 0 Å². The van der Waals surface area contributed by atoms with Crippen molar-refractivity contribution in [1.82, 2.24) is 5.32 Å². The molecule has 2 rings (SSSR count). The molecule has 3 N–H and O–H groups in total. The fourth-order valence-electron chi connectivity index (χ4n) is 2.40. The van der Waals surface area contributed by atoms with Gasteiger partial charge in [-0.2, -0.15) is 0 Å². The second-order valence-electron chi connectivity index (χ2n) is 5.65. The number of methoxy groups -OCH3 is 1. The number of nitrogens with one attached hydrogen (secondary N) is 1. The first kappa shape index (κ1) is 18.1. The van der Waals surface area contributed by atoms with E-state index in [-0.39, 0.29) is 17.4 Å². The zero-order valence-electron chi connectivity index (χ0n) is 13.5. The fraction of sp³-hybridized carbons (Fsp3) is 0.235.